The SMILES string of the molecule is O=c1[nH]c(-c2ccc(F)cc2Cl)nc2c1CNC2. The lowest BCUT2D eigenvalue weighted by atomic mass is 10.2. The van der Waals surface area contributed by atoms with Gasteiger partial charge in [-0.2, -0.15) is 0 Å². The van der Waals surface area contributed by atoms with Crippen molar-refractivity contribution in [3.8, 4) is 11.4 Å². The van der Waals surface area contributed by atoms with Crippen LogP contribution in [0.5, 0.6) is 0 Å². The van der Waals surface area contributed by atoms with E-state index in [0.29, 0.717) is 35.7 Å². The van der Waals surface area contributed by atoms with Crippen molar-refractivity contribution in [1.82, 2.24) is 15.3 Å². The van der Waals surface area contributed by atoms with Crippen LogP contribution in [0.25, 0.3) is 11.4 Å². The van der Waals surface area contributed by atoms with Gasteiger partial charge in [0, 0.05) is 18.7 Å². The van der Waals surface area contributed by atoms with Crippen LogP contribution in [0.15, 0.2) is 23.0 Å². The van der Waals surface area contributed by atoms with Crippen LogP contribution in [-0.4, -0.2) is 9.97 Å². The number of H-pyrrole nitrogens is 1. The number of hydrogen-bond donors (Lipinski definition) is 2. The molecule has 2 heterocycles. The average molecular weight is 266 g/mol. The number of fused-ring (bicyclic) bond motifs is 1. The Morgan fingerprint density at radius 3 is 2.94 bits per heavy atom. The Bertz CT molecular complexity index is 684. The lowest BCUT2D eigenvalue weighted by molar-refractivity contribution is 0.628. The number of aromatic amines is 1. The van der Waals surface area contributed by atoms with Gasteiger partial charge in [0.2, 0.25) is 0 Å². The number of benzene rings is 1. The Morgan fingerprint density at radius 1 is 1.33 bits per heavy atom. The zero-order chi connectivity index (χ0) is 12.7. The first-order chi connectivity index (χ1) is 8.65. The molecule has 2 aromatic rings. The van der Waals surface area contributed by atoms with Crippen LogP contribution in [0.2, 0.25) is 5.02 Å². The van der Waals surface area contributed by atoms with Gasteiger partial charge in [0.1, 0.15) is 11.6 Å². The molecule has 0 saturated heterocycles. The van der Waals surface area contributed by atoms with Gasteiger partial charge in [-0.05, 0) is 18.2 Å². The summed E-state index contributed by atoms with van der Waals surface area (Å²) in [6, 6.07) is 3.99. The molecule has 2 N–H and O–H groups in total. The van der Waals surface area contributed by atoms with E-state index in [-0.39, 0.29) is 10.6 Å². The molecule has 0 fully saturated rings. The molecule has 0 amide bonds. The van der Waals surface area contributed by atoms with Crippen molar-refractivity contribution in [2.45, 2.75) is 13.1 Å². The number of hydrogen-bond acceptors (Lipinski definition) is 3. The molecule has 1 aliphatic heterocycles. The van der Waals surface area contributed by atoms with Crippen molar-refractivity contribution in [3.63, 3.8) is 0 Å². The summed E-state index contributed by atoms with van der Waals surface area (Å²) in [7, 11) is 0. The van der Waals surface area contributed by atoms with Gasteiger partial charge in [-0.3, -0.25) is 4.79 Å². The van der Waals surface area contributed by atoms with Crippen molar-refractivity contribution in [1.29, 1.82) is 0 Å². The quantitative estimate of drug-likeness (QED) is 0.827. The Hall–Kier alpha value is -1.72. The van der Waals surface area contributed by atoms with E-state index in [1.165, 1.54) is 18.2 Å². The molecule has 0 spiro atoms. The first-order valence-electron chi connectivity index (χ1n) is 5.43. The first-order valence-corrected chi connectivity index (χ1v) is 5.81. The van der Waals surface area contributed by atoms with Gasteiger partial charge < -0.3 is 10.3 Å². The fourth-order valence-electron chi connectivity index (χ4n) is 1.99. The monoisotopic (exact) mass is 265 g/mol. The third-order valence-corrected chi connectivity index (χ3v) is 3.19. The molecule has 0 bridgehead atoms. The third kappa shape index (κ3) is 1.81. The molecular weight excluding hydrogens is 257 g/mol. The summed E-state index contributed by atoms with van der Waals surface area (Å²) in [5, 5.41) is 3.28. The van der Waals surface area contributed by atoms with Crippen LogP contribution in [-0.2, 0) is 13.1 Å². The Morgan fingerprint density at radius 2 is 2.17 bits per heavy atom. The lowest BCUT2D eigenvalue weighted by Crippen LogP contribution is -2.15. The van der Waals surface area contributed by atoms with Crippen LogP contribution in [0.4, 0.5) is 4.39 Å². The molecule has 0 unspecified atom stereocenters. The summed E-state index contributed by atoms with van der Waals surface area (Å²) in [5.74, 6) is -0.0543. The van der Waals surface area contributed by atoms with E-state index < -0.39 is 5.82 Å². The highest BCUT2D eigenvalue weighted by Crippen LogP contribution is 2.26. The molecule has 4 nitrogen and oxygen atoms in total. The molecule has 0 radical (unpaired) electrons. The van der Waals surface area contributed by atoms with E-state index >= 15 is 0 Å². The van der Waals surface area contributed by atoms with Gasteiger partial charge in [-0.1, -0.05) is 11.6 Å². The van der Waals surface area contributed by atoms with Gasteiger partial charge in [-0.15, -0.1) is 0 Å². The minimum atomic E-state index is -0.422. The summed E-state index contributed by atoms with van der Waals surface area (Å²) in [6.45, 7) is 1.08. The normalized spacial score (nSPS) is 13.7. The highest BCUT2D eigenvalue weighted by Gasteiger charge is 2.18. The fourth-order valence-corrected chi connectivity index (χ4v) is 2.24. The van der Waals surface area contributed by atoms with E-state index in [2.05, 4.69) is 15.3 Å². The number of aromatic nitrogens is 2. The van der Waals surface area contributed by atoms with Crippen LogP contribution in [0, 0.1) is 5.82 Å². The molecule has 1 aromatic carbocycles. The average Bonchev–Trinajstić information content (AvgIpc) is 2.77. The largest absolute Gasteiger partial charge is 0.307 e. The molecule has 0 atom stereocenters. The predicted octanol–water partition coefficient (Wildman–Crippen LogP) is 1.83. The number of nitrogens with zero attached hydrogens (tertiary/aromatic N) is 1. The Labute approximate surface area is 107 Å². The summed E-state index contributed by atoms with van der Waals surface area (Å²) in [6.07, 6.45) is 0. The fraction of sp³-hybridized carbons (Fsp3) is 0.167. The van der Waals surface area contributed by atoms with E-state index in [1.54, 1.807) is 0 Å². The summed E-state index contributed by atoms with van der Waals surface area (Å²) < 4.78 is 13.0. The predicted molar refractivity (Wildman–Crippen MR) is 65.8 cm³/mol. The zero-order valence-electron chi connectivity index (χ0n) is 9.26. The van der Waals surface area contributed by atoms with Crippen molar-refractivity contribution in [2.24, 2.45) is 0 Å². The lowest BCUT2D eigenvalue weighted by Gasteiger charge is -2.05. The van der Waals surface area contributed by atoms with E-state index in [0.717, 1.165) is 0 Å². The minimum Gasteiger partial charge on any atom is -0.307 e. The first kappa shape index (κ1) is 11.4. The standard InChI is InChI=1S/C12H9ClFN3O/c13-9-3-6(14)1-2-7(9)11-16-10-5-15-4-8(10)12(18)17-11/h1-3,15H,4-5H2,(H,16,17,18). The summed E-state index contributed by atoms with van der Waals surface area (Å²) in [5.41, 5.74) is 1.70. The third-order valence-electron chi connectivity index (χ3n) is 2.88. The highest BCUT2D eigenvalue weighted by molar-refractivity contribution is 6.33. The minimum absolute atomic E-state index is 0.180. The number of halogens is 2. The van der Waals surface area contributed by atoms with Crippen LogP contribution in [0.3, 0.4) is 0 Å². The van der Waals surface area contributed by atoms with Crippen LogP contribution < -0.4 is 10.9 Å². The van der Waals surface area contributed by atoms with Gasteiger partial charge in [0.15, 0.2) is 0 Å². The van der Waals surface area contributed by atoms with Crippen molar-refractivity contribution >= 4 is 11.6 Å². The molecule has 1 aliphatic rings. The second-order valence-electron chi connectivity index (χ2n) is 4.07. The molecule has 92 valence electrons. The molecule has 18 heavy (non-hydrogen) atoms. The van der Waals surface area contributed by atoms with Crippen molar-refractivity contribution < 1.29 is 4.39 Å². The Kier molecular flexibility index (Phi) is 2.65. The number of nitrogens with one attached hydrogen (secondary N) is 2. The maximum Gasteiger partial charge on any atom is 0.255 e. The zero-order valence-corrected chi connectivity index (χ0v) is 10.0. The van der Waals surface area contributed by atoms with Gasteiger partial charge >= 0.3 is 0 Å². The molecule has 1 aromatic heterocycles. The molecule has 0 saturated carbocycles. The summed E-state index contributed by atoms with van der Waals surface area (Å²) in [4.78, 5) is 18.9. The van der Waals surface area contributed by atoms with Gasteiger partial charge in [-0.25, -0.2) is 9.37 Å². The van der Waals surface area contributed by atoms with Crippen LogP contribution in [0.1, 0.15) is 11.3 Å². The van der Waals surface area contributed by atoms with Gasteiger partial charge in [0.25, 0.3) is 5.56 Å². The van der Waals surface area contributed by atoms with E-state index in [1.807, 2.05) is 0 Å². The maximum absolute atomic E-state index is 13.0. The summed E-state index contributed by atoms with van der Waals surface area (Å²) >= 11 is 5.95. The number of rotatable bonds is 1. The molecule has 6 heteroatoms. The topological polar surface area (TPSA) is 57.8 Å². The van der Waals surface area contributed by atoms with E-state index in [4.69, 9.17) is 11.6 Å². The molecular formula is C12H9ClFN3O. The van der Waals surface area contributed by atoms with Crippen molar-refractivity contribution in [3.05, 3.63) is 50.7 Å². The second-order valence-corrected chi connectivity index (χ2v) is 4.47. The van der Waals surface area contributed by atoms with Crippen molar-refractivity contribution in [2.75, 3.05) is 0 Å². The molecule has 3 rings (SSSR count). The maximum atomic E-state index is 13.0. The van der Waals surface area contributed by atoms with E-state index in [9.17, 15) is 9.18 Å². The smallest absolute Gasteiger partial charge is 0.255 e. The van der Waals surface area contributed by atoms with Crippen LogP contribution >= 0.6 is 11.6 Å². The second kappa shape index (κ2) is 4.19. The van der Waals surface area contributed by atoms with Gasteiger partial charge in [0.05, 0.1) is 16.3 Å². The molecule has 0 aliphatic carbocycles. The Balaban J connectivity index is 2.18. The highest BCUT2D eigenvalue weighted by atomic mass is 35.5.